The van der Waals surface area contributed by atoms with Gasteiger partial charge in [-0.15, -0.1) is 0 Å². The molecule has 0 aliphatic heterocycles. The molecule has 120 valence electrons. The molecule has 0 saturated carbocycles. The molecule has 0 rings (SSSR count). The van der Waals surface area contributed by atoms with Crippen LogP contribution >= 0.6 is 0 Å². The highest BCUT2D eigenvalue weighted by Gasteiger charge is 2.32. The first-order chi connectivity index (χ1) is 9.41. The first-order valence-corrected chi connectivity index (χ1v) is 8.44. The molecular weight excluding hydrogens is 248 g/mol. The molecule has 1 amide bonds. The van der Waals surface area contributed by atoms with Crippen molar-refractivity contribution in [3.05, 3.63) is 0 Å². The van der Waals surface area contributed by atoms with Crippen molar-refractivity contribution in [1.29, 1.82) is 0 Å². The molecule has 0 aliphatic carbocycles. The highest BCUT2D eigenvalue weighted by atomic mass is 16.2. The quantitative estimate of drug-likeness (QED) is 0.607. The number of nitrogens with one attached hydrogen (secondary N) is 2. The molecule has 0 aromatic rings. The summed E-state index contributed by atoms with van der Waals surface area (Å²) in [6.45, 7) is 14.8. The Morgan fingerprint density at radius 2 is 1.80 bits per heavy atom. The lowest BCUT2D eigenvalue weighted by molar-refractivity contribution is -0.127. The van der Waals surface area contributed by atoms with Crippen LogP contribution in [0.5, 0.6) is 0 Å². The van der Waals surface area contributed by atoms with Crippen LogP contribution in [0.1, 0.15) is 73.6 Å². The number of carbonyl (C=O) groups excluding carboxylic acids is 1. The smallest absolute Gasteiger partial charge is 0.240 e. The van der Waals surface area contributed by atoms with E-state index in [1.54, 1.807) is 0 Å². The van der Waals surface area contributed by atoms with Crippen molar-refractivity contribution in [3.63, 3.8) is 0 Å². The maximum Gasteiger partial charge on any atom is 0.240 e. The normalized spacial score (nSPS) is 15.9. The van der Waals surface area contributed by atoms with Gasteiger partial charge in [-0.25, -0.2) is 0 Å². The molecule has 0 bridgehead atoms. The molecule has 20 heavy (non-hydrogen) atoms. The van der Waals surface area contributed by atoms with Crippen molar-refractivity contribution in [3.8, 4) is 0 Å². The van der Waals surface area contributed by atoms with Gasteiger partial charge in [-0.1, -0.05) is 53.9 Å². The van der Waals surface area contributed by atoms with Crippen LogP contribution in [0.15, 0.2) is 0 Å². The second-order valence-corrected chi connectivity index (χ2v) is 6.48. The van der Waals surface area contributed by atoms with Crippen molar-refractivity contribution in [2.45, 2.75) is 79.2 Å². The summed E-state index contributed by atoms with van der Waals surface area (Å²) < 4.78 is 0. The molecule has 2 atom stereocenters. The van der Waals surface area contributed by atoms with Crippen molar-refractivity contribution < 1.29 is 4.79 Å². The molecule has 0 saturated heterocycles. The van der Waals surface area contributed by atoms with Crippen LogP contribution in [0.3, 0.4) is 0 Å². The number of hydrogen-bond donors (Lipinski definition) is 2. The first kappa shape index (κ1) is 19.4. The second kappa shape index (κ2) is 10.2. The predicted molar refractivity (Wildman–Crippen MR) is 87.9 cm³/mol. The maximum atomic E-state index is 12.4. The molecule has 3 nitrogen and oxygen atoms in total. The number of carbonyl (C=O) groups is 1. The summed E-state index contributed by atoms with van der Waals surface area (Å²) in [7, 11) is 0. The Kier molecular flexibility index (Phi) is 9.91. The van der Waals surface area contributed by atoms with Gasteiger partial charge in [-0.2, -0.15) is 0 Å². The zero-order valence-corrected chi connectivity index (χ0v) is 14.5. The Morgan fingerprint density at radius 3 is 2.25 bits per heavy atom. The average Bonchev–Trinajstić information content (AvgIpc) is 2.42. The van der Waals surface area contributed by atoms with E-state index >= 15 is 0 Å². The third-order valence-electron chi connectivity index (χ3n) is 4.29. The van der Waals surface area contributed by atoms with Crippen molar-refractivity contribution in [2.75, 3.05) is 13.1 Å². The Balaban J connectivity index is 4.63. The number of amides is 1. The molecule has 0 heterocycles. The third-order valence-corrected chi connectivity index (χ3v) is 4.29. The van der Waals surface area contributed by atoms with E-state index in [1.807, 2.05) is 0 Å². The van der Waals surface area contributed by atoms with Crippen molar-refractivity contribution >= 4 is 5.91 Å². The minimum absolute atomic E-state index is 0.159. The van der Waals surface area contributed by atoms with Gasteiger partial charge < -0.3 is 10.6 Å². The van der Waals surface area contributed by atoms with Gasteiger partial charge in [0.2, 0.25) is 5.91 Å². The van der Waals surface area contributed by atoms with Gasteiger partial charge in [-0.3, -0.25) is 4.79 Å². The van der Waals surface area contributed by atoms with Gasteiger partial charge >= 0.3 is 0 Å². The predicted octanol–water partition coefficient (Wildman–Crippen LogP) is 3.73. The van der Waals surface area contributed by atoms with Gasteiger partial charge in [0.25, 0.3) is 0 Å². The van der Waals surface area contributed by atoms with Gasteiger partial charge in [0, 0.05) is 6.54 Å². The Morgan fingerprint density at radius 1 is 1.15 bits per heavy atom. The van der Waals surface area contributed by atoms with E-state index in [-0.39, 0.29) is 5.91 Å². The highest BCUT2D eigenvalue weighted by Crippen LogP contribution is 2.18. The van der Waals surface area contributed by atoms with Crippen LogP contribution in [0.4, 0.5) is 0 Å². The lowest BCUT2D eigenvalue weighted by atomic mass is 9.89. The number of hydrogen-bond acceptors (Lipinski definition) is 2. The minimum atomic E-state index is -0.423. The van der Waals surface area contributed by atoms with E-state index < -0.39 is 5.54 Å². The third kappa shape index (κ3) is 6.74. The van der Waals surface area contributed by atoms with Crippen LogP contribution < -0.4 is 10.6 Å². The van der Waals surface area contributed by atoms with E-state index in [9.17, 15) is 4.79 Å². The molecule has 0 spiro atoms. The fourth-order valence-corrected chi connectivity index (χ4v) is 2.45. The lowest BCUT2D eigenvalue weighted by Gasteiger charge is -2.32. The summed E-state index contributed by atoms with van der Waals surface area (Å²) in [4.78, 5) is 12.4. The van der Waals surface area contributed by atoms with E-state index in [1.165, 1.54) is 0 Å². The summed E-state index contributed by atoms with van der Waals surface area (Å²) >= 11 is 0. The molecule has 2 unspecified atom stereocenters. The molecule has 2 N–H and O–H groups in total. The first-order valence-electron chi connectivity index (χ1n) is 8.44. The highest BCUT2D eigenvalue weighted by molar-refractivity contribution is 5.85. The van der Waals surface area contributed by atoms with Gasteiger partial charge in [0.15, 0.2) is 0 Å². The fourth-order valence-electron chi connectivity index (χ4n) is 2.45. The monoisotopic (exact) mass is 284 g/mol. The van der Waals surface area contributed by atoms with Crippen LogP contribution in [0, 0.1) is 11.8 Å². The Hall–Kier alpha value is -0.570. The van der Waals surface area contributed by atoms with E-state index in [4.69, 9.17) is 0 Å². The van der Waals surface area contributed by atoms with E-state index in [2.05, 4.69) is 52.2 Å². The Bertz CT molecular complexity index is 266. The van der Waals surface area contributed by atoms with Crippen molar-refractivity contribution in [1.82, 2.24) is 10.6 Å². The zero-order valence-electron chi connectivity index (χ0n) is 14.5. The van der Waals surface area contributed by atoms with Crippen molar-refractivity contribution in [2.24, 2.45) is 11.8 Å². The molecule has 0 aliphatic rings. The topological polar surface area (TPSA) is 41.1 Å². The maximum absolute atomic E-state index is 12.4. The molecule has 0 radical (unpaired) electrons. The van der Waals surface area contributed by atoms with Crippen LogP contribution in [0.2, 0.25) is 0 Å². The fraction of sp³-hybridized carbons (Fsp3) is 0.941. The minimum Gasteiger partial charge on any atom is -0.355 e. The van der Waals surface area contributed by atoms with E-state index in [0.29, 0.717) is 11.8 Å². The molecule has 3 heteroatoms. The summed E-state index contributed by atoms with van der Waals surface area (Å²) in [5.41, 5.74) is -0.423. The van der Waals surface area contributed by atoms with Gasteiger partial charge in [0.1, 0.15) is 0 Å². The molecular formula is C17H36N2O. The summed E-state index contributed by atoms with van der Waals surface area (Å²) in [5.74, 6) is 1.45. The number of unbranched alkanes of at least 4 members (excludes halogenated alkanes) is 1. The summed E-state index contributed by atoms with van der Waals surface area (Å²) in [6.07, 6.45) is 5.26. The van der Waals surface area contributed by atoms with Gasteiger partial charge in [-0.05, 0) is 38.1 Å². The van der Waals surface area contributed by atoms with Crippen LogP contribution in [0.25, 0.3) is 0 Å². The lowest BCUT2D eigenvalue weighted by Crippen LogP contribution is -2.56. The molecule has 0 fully saturated rings. The standard InChI is InChI=1S/C17H36N2O/c1-7-10-11-17(6,16(20)18-12-8-2)19-13-15(9-3)14(4)5/h14-15,19H,7-13H2,1-6H3,(H,18,20). The zero-order chi connectivity index (χ0) is 15.6. The average molecular weight is 284 g/mol. The van der Waals surface area contributed by atoms with Crippen LogP contribution in [-0.4, -0.2) is 24.5 Å². The Labute approximate surface area is 126 Å². The SMILES string of the molecule is CCCCC(C)(NCC(CC)C(C)C)C(=O)NCCC. The van der Waals surface area contributed by atoms with Gasteiger partial charge in [0.05, 0.1) is 5.54 Å². The summed E-state index contributed by atoms with van der Waals surface area (Å²) in [6, 6.07) is 0. The van der Waals surface area contributed by atoms with E-state index in [0.717, 1.165) is 45.2 Å². The number of rotatable bonds is 11. The second-order valence-electron chi connectivity index (χ2n) is 6.48. The molecule has 0 aromatic heterocycles. The molecule has 0 aromatic carbocycles. The van der Waals surface area contributed by atoms with Crippen LogP contribution in [-0.2, 0) is 4.79 Å². The largest absolute Gasteiger partial charge is 0.355 e. The summed E-state index contributed by atoms with van der Waals surface area (Å²) in [5, 5.41) is 6.61.